The number of rotatable bonds is 5. The molecule has 1 N–H and O–H groups in total. The predicted octanol–water partition coefficient (Wildman–Crippen LogP) is 3.05. The van der Waals surface area contributed by atoms with Crippen molar-refractivity contribution in [1.82, 2.24) is 5.32 Å². The maximum Gasteiger partial charge on any atom is 0.123 e. The highest BCUT2D eigenvalue weighted by Crippen LogP contribution is 2.30. The molecule has 1 atom stereocenters. The Kier molecular flexibility index (Phi) is 4.48. The smallest absolute Gasteiger partial charge is 0.123 e. The topological polar surface area (TPSA) is 30.5 Å². The molecule has 1 aromatic rings. The average Bonchev–Trinajstić information content (AvgIpc) is 2.68. The fourth-order valence-corrected chi connectivity index (χ4v) is 2.56. The summed E-state index contributed by atoms with van der Waals surface area (Å²) in [6.07, 6.45) is 2.41. The molecule has 19 heavy (non-hydrogen) atoms. The number of hydrogen-bond donors (Lipinski definition) is 1. The second-order valence-corrected chi connectivity index (χ2v) is 5.99. The second kappa shape index (κ2) is 5.93. The lowest BCUT2D eigenvalue weighted by Gasteiger charge is -2.20. The second-order valence-electron chi connectivity index (χ2n) is 5.99. The minimum absolute atomic E-state index is 0.00903. The Balaban J connectivity index is 1.96. The molecule has 1 heterocycles. The van der Waals surface area contributed by atoms with Crippen LogP contribution in [0.25, 0.3) is 0 Å². The van der Waals surface area contributed by atoms with E-state index in [9.17, 15) is 0 Å². The van der Waals surface area contributed by atoms with Crippen LogP contribution in [-0.4, -0.2) is 25.4 Å². The molecular formula is C16H25NO2. The van der Waals surface area contributed by atoms with Crippen molar-refractivity contribution in [2.45, 2.75) is 51.9 Å². The van der Waals surface area contributed by atoms with Crippen molar-refractivity contribution in [2.24, 2.45) is 0 Å². The lowest BCUT2D eigenvalue weighted by atomic mass is 10.1. The van der Waals surface area contributed by atoms with Crippen molar-refractivity contribution in [3.05, 3.63) is 29.3 Å². The van der Waals surface area contributed by atoms with Crippen LogP contribution in [0.5, 0.6) is 5.75 Å². The Hall–Kier alpha value is -1.06. The third kappa shape index (κ3) is 3.95. The van der Waals surface area contributed by atoms with E-state index in [1.54, 1.807) is 0 Å². The molecule has 1 aliphatic rings. The van der Waals surface area contributed by atoms with Crippen molar-refractivity contribution in [3.63, 3.8) is 0 Å². The highest BCUT2D eigenvalue weighted by molar-refractivity contribution is 5.36. The van der Waals surface area contributed by atoms with E-state index in [4.69, 9.17) is 9.47 Å². The van der Waals surface area contributed by atoms with Crippen molar-refractivity contribution >= 4 is 0 Å². The fraction of sp³-hybridized carbons (Fsp3) is 0.625. The van der Waals surface area contributed by atoms with Crippen LogP contribution in [0, 0.1) is 6.92 Å². The van der Waals surface area contributed by atoms with Gasteiger partial charge in [0.25, 0.3) is 0 Å². The molecule has 0 radical (unpaired) electrons. The first kappa shape index (κ1) is 14.4. The summed E-state index contributed by atoms with van der Waals surface area (Å²) in [6, 6.07) is 6.32. The molecule has 0 amide bonds. The third-order valence-electron chi connectivity index (χ3n) is 3.56. The van der Waals surface area contributed by atoms with Crippen LogP contribution in [0.2, 0.25) is 0 Å². The Bertz CT molecular complexity index is 429. The Labute approximate surface area is 116 Å². The van der Waals surface area contributed by atoms with Crippen molar-refractivity contribution < 1.29 is 9.47 Å². The van der Waals surface area contributed by atoms with Gasteiger partial charge >= 0.3 is 0 Å². The Morgan fingerprint density at radius 3 is 2.84 bits per heavy atom. The van der Waals surface area contributed by atoms with E-state index in [1.807, 2.05) is 7.05 Å². The molecule has 3 nitrogen and oxygen atoms in total. The van der Waals surface area contributed by atoms with Gasteiger partial charge in [0.1, 0.15) is 12.4 Å². The molecule has 0 saturated carbocycles. The first-order valence-corrected chi connectivity index (χ1v) is 7.05. The third-order valence-corrected chi connectivity index (χ3v) is 3.56. The van der Waals surface area contributed by atoms with Gasteiger partial charge in [-0.25, -0.2) is 0 Å². The van der Waals surface area contributed by atoms with Gasteiger partial charge in [-0.05, 0) is 46.7 Å². The van der Waals surface area contributed by atoms with Crippen molar-refractivity contribution in [2.75, 3.05) is 13.7 Å². The molecule has 0 aromatic heterocycles. The highest BCUT2D eigenvalue weighted by atomic mass is 16.6. The number of nitrogens with one attached hydrogen (secondary N) is 1. The van der Waals surface area contributed by atoms with Crippen LogP contribution in [0.4, 0.5) is 0 Å². The maximum absolute atomic E-state index is 5.96. The van der Waals surface area contributed by atoms with E-state index in [0.29, 0.717) is 6.61 Å². The molecular weight excluding hydrogens is 238 g/mol. The number of hydrogen-bond acceptors (Lipinski definition) is 3. The maximum atomic E-state index is 5.96. The fourth-order valence-electron chi connectivity index (χ4n) is 2.56. The van der Waals surface area contributed by atoms with Gasteiger partial charge in [0, 0.05) is 12.1 Å². The van der Waals surface area contributed by atoms with Gasteiger partial charge in [-0.15, -0.1) is 0 Å². The zero-order valence-corrected chi connectivity index (χ0v) is 12.5. The van der Waals surface area contributed by atoms with Gasteiger partial charge in [-0.3, -0.25) is 0 Å². The zero-order valence-electron chi connectivity index (χ0n) is 12.5. The minimum Gasteiger partial charge on any atom is -0.491 e. The summed E-state index contributed by atoms with van der Waals surface area (Å²) < 4.78 is 11.9. The normalized spacial score (nSPS) is 21.6. The van der Waals surface area contributed by atoms with E-state index in [2.05, 4.69) is 44.3 Å². The van der Waals surface area contributed by atoms with E-state index >= 15 is 0 Å². The molecule has 0 aliphatic carbocycles. The van der Waals surface area contributed by atoms with Crippen LogP contribution in [0.3, 0.4) is 0 Å². The number of benzene rings is 1. The molecule has 0 spiro atoms. The van der Waals surface area contributed by atoms with Crippen LogP contribution in [-0.2, 0) is 11.3 Å². The summed E-state index contributed by atoms with van der Waals surface area (Å²) in [5.41, 5.74) is 2.48. The summed E-state index contributed by atoms with van der Waals surface area (Å²) in [6.45, 7) is 7.86. The van der Waals surface area contributed by atoms with Gasteiger partial charge in [0.2, 0.25) is 0 Å². The number of aryl methyl sites for hydroxylation is 1. The molecule has 3 heteroatoms. The molecule has 1 unspecified atom stereocenters. The minimum atomic E-state index is 0.00903. The molecule has 2 rings (SSSR count). The van der Waals surface area contributed by atoms with Gasteiger partial charge in [0.05, 0.1) is 11.7 Å². The van der Waals surface area contributed by atoms with Gasteiger partial charge in [-0.2, -0.15) is 0 Å². The SMILES string of the molecule is CNCc1cc(C)ccc1OCC1CCC(C)(C)O1. The summed E-state index contributed by atoms with van der Waals surface area (Å²) in [7, 11) is 1.95. The van der Waals surface area contributed by atoms with Gasteiger partial charge in [-0.1, -0.05) is 17.7 Å². The van der Waals surface area contributed by atoms with Crippen LogP contribution < -0.4 is 10.1 Å². The summed E-state index contributed by atoms with van der Waals surface area (Å²) >= 11 is 0. The highest BCUT2D eigenvalue weighted by Gasteiger charge is 2.31. The molecule has 1 saturated heterocycles. The van der Waals surface area contributed by atoms with E-state index in [1.165, 1.54) is 11.1 Å². The summed E-state index contributed by atoms with van der Waals surface area (Å²) in [5, 5.41) is 3.18. The Morgan fingerprint density at radius 2 is 2.21 bits per heavy atom. The lowest BCUT2D eigenvalue weighted by Crippen LogP contribution is -2.24. The molecule has 1 aliphatic heterocycles. The van der Waals surface area contributed by atoms with Crippen LogP contribution >= 0.6 is 0 Å². The van der Waals surface area contributed by atoms with Gasteiger partial charge < -0.3 is 14.8 Å². The largest absolute Gasteiger partial charge is 0.491 e. The van der Waals surface area contributed by atoms with E-state index < -0.39 is 0 Å². The first-order chi connectivity index (χ1) is 9.00. The number of ether oxygens (including phenoxy) is 2. The predicted molar refractivity (Wildman–Crippen MR) is 77.6 cm³/mol. The summed E-state index contributed by atoms with van der Waals surface area (Å²) in [4.78, 5) is 0. The van der Waals surface area contributed by atoms with E-state index in [-0.39, 0.29) is 11.7 Å². The Morgan fingerprint density at radius 1 is 1.42 bits per heavy atom. The quantitative estimate of drug-likeness (QED) is 0.885. The van der Waals surface area contributed by atoms with Crippen LogP contribution in [0.15, 0.2) is 18.2 Å². The monoisotopic (exact) mass is 263 g/mol. The van der Waals surface area contributed by atoms with Crippen molar-refractivity contribution in [3.8, 4) is 5.75 Å². The van der Waals surface area contributed by atoms with Crippen LogP contribution in [0.1, 0.15) is 37.8 Å². The standard InChI is InChI=1S/C16H25NO2/c1-12-5-6-15(13(9-12)10-17-4)18-11-14-7-8-16(2,3)19-14/h5-6,9,14,17H,7-8,10-11H2,1-4H3. The molecule has 1 fully saturated rings. The molecule has 1 aromatic carbocycles. The summed E-state index contributed by atoms with van der Waals surface area (Å²) in [5.74, 6) is 0.966. The zero-order chi connectivity index (χ0) is 13.9. The van der Waals surface area contributed by atoms with E-state index in [0.717, 1.165) is 25.1 Å². The average molecular weight is 263 g/mol. The molecule has 106 valence electrons. The van der Waals surface area contributed by atoms with Gasteiger partial charge in [0.15, 0.2) is 0 Å². The lowest BCUT2D eigenvalue weighted by molar-refractivity contribution is -0.0327. The molecule has 0 bridgehead atoms. The van der Waals surface area contributed by atoms with Crippen molar-refractivity contribution in [1.29, 1.82) is 0 Å². The first-order valence-electron chi connectivity index (χ1n) is 7.05.